The van der Waals surface area contributed by atoms with Crippen molar-refractivity contribution in [2.24, 2.45) is 0 Å². The Bertz CT molecular complexity index is 1370. The van der Waals surface area contributed by atoms with E-state index in [4.69, 9.17) is 28.4 Å². The second-order valence-electron chi connectivity index (χ2n) is 11.7. The third kappa shape index (κ3) is 16.7. The maximum Gasteiger partial charge on any atom is 0.336 e. The smallest absolute Gasteiger partial charge is 0.336 e. The topological polar surface area (TPSA) is 124 Å². The minimum Gasteiger partial charge on any atom is -0.494 e. The third-order valence-electron chi connectivity index (χ3n) is 7.59. The zero-order valence-corrected chi connectivity index (χ0v) is 28.2. The molecular formula is C39H48O10. The molecule has 3 rings (SSSR count). The highest BCUT2D eigenvalue weighted by Crippen LogP contribution is 2.22. The first-order chi connectivity index (χ1) is 23.8. The van der Waals surface area contributed by atoms with Crippen LogP contribution in [-0.2, 0) is 33.4 Å². The molecule has 0 amide bonds. The predicted molar refractivity (Wildman–Crippen MR) is 185 cm³/mol. The van der Waals surface area contributed by atoms with Crippen LogP contribution in [-0.4, -0.2) is 56.4 Å². The van der Waals surface area contributed by atoms with Crippen molar-refractivity contribution in [1.29, 1.82) is 0 Å². The molecule has 0 bridgehead atoms. The molecule has 0 N–H and O–H groups in total. The number of rotatable bonds is 22. The summed E-state index contributed by atoms with van der Waals surface area (Å²) in [5, 5.41) is 0. The summed E-state index contributed by atoms with van der Waals surface area (Å²) >= 11 is 0. The Morgan fingerprint density at radius 2 is 1.22 bits per heavy atom. The normalized spacial score (nSPS) is 12.9. The van der Waals surface area contributed by atoms with Crippen molar-refractivity contribution >= 4 is 30.0 Å². The molecule has 2 aromatic rings. The van der Waals surface area contributed by atoms with Crippen LogP contribution in [0.25, 0.3) is 6.08 Å². The van der Waals surface area contributed by atoms with Crippen LogP contribution in [0.5, 0.6) is 17.2 Å². The molecule has 0 saturated heterocycles. The molecule has 0 unspecified atom stereocenters. The van der Waals surface area contributed by atoms with E-state index in [-0.39, 0.29) is 24.7 Å². The van der Waals surface area contributed by atoms with E-state index in [2.05, 4.69) is 13.2 Å². The molecule has 10 heteroatoms. The zero-order chi connectivity index (χ0) is 35.1. The second kappa shape index (κ2) is 22.7. The Kier molecular flexibility index (Phi) is 17.8. The molecule has 49 heavy (non-hydrogen) atoms. The van der Waals surface area contributed by atoms with E-state index in [1.807, 2.05) is 12.1 Å². The van der Waals surface area contributed by atoms with E-state index in [0.717, 1.165) is 63.0 Å². The number of hydrogen-bond donors (Lipinski definition) is 0. The lowest BCUT2D eigenvalue weighted by molar-refractivity contribution is -0.151. The summed E-state index contributed by atoms with van der Waals surface area (Å²) in [5.41, 5.74) is 0.905. The number of unbranched alkanes of at least 4 members (excludes halogenated alkanes) is 4. The number of carbonyl (C=O) groups excluding carboxylic acids is 4. The Balaban J connectivity index is 1.22. The molecule has 10 nitrogen and oxygen atoms in total. The number of benzene rings is 2. The fourth-order valence-electron chi connectivity index (χ4n) is 4.89. The van der Waals surface area contributed by atoms with Crippen molar-refractivity contribution in [3.05, 3.63) is 85.0 Å². The lowest BCUT2D eigenvalue weighted by atomic mass is 9.98. The summed E-state index contributed by atoms with van der Waals surface area (Å²) in [7, 11) is 0. The van der Waals surface area contributed by atoms with Crippen LogP contribution in [0.2, 0.25) is 0 Å². The van der Waals surface area contributed by atoms with Crippen LogP contribution >= 0.6 is 0 Å². The summed E-state index contributed by atoms with van der Waals surface area (Å²) in [6, 6.07) is 14.1. The number of hydrogen-bond acceptors (Lipinski definition) is 10. The molecule has 264 valence electrons. The molecule has 0 spiro atoms. The van der Waals surface area contributed by atoms with Gasteiger partial charge in [-0.05, 0) is 112 Å². The number of esters is 4. The van der Waals surface area contributed by atoms with Crippen molar-refractivity contribution in [2.75, 3.05) is 26.4 Å². The van der Waals surface area contributed by atoms with Gasteiger partial charge in [-0.1, -0.05) is 31.7 Å². The highest BCUT2D eigenvalue weighted by molar-refractivity contribution is 5.93. The van der Waals surface area contributed by atoms with E-state index in [9.17, 15) is 19.2 Å². The van der Waals surface area contributed by atoms with Gasteiger partial charge >= 0.3 is 23.9 Å². The Labute approximate surface area is 289 Å². The van der Waals surface area contributed by atoms with E-state index in [1.165, 1.54) is 12.5 Å². The van der Waals surface area contributed by atoms with Crippen molar-refractivity contribution in [1.82, 2.24) is 0 Å². The average Bonchev–Trinajstić information content (AvgIpc) is 3.11. The van der Waals surface area contributed by atoms with Gasteiger partial charge in [0, 0.05) is 17.7 Å². The Morgan fingerprint density at radius 3 is 1.88 bits per heavy atom. The molecule has 0 radical (unpaired) electrons. The minimum atomic E-state index is -0.584. The molecule has 1 fully saturated rings. The van der Waals surface area contributed by atoms with E-state index in [1.54, 1.807) is 42.5 Å². The van der Waals surface area contributed by atoms with Gasteiger partial charge in [-0.3, -0.25) is 4.79 Å². The van der Waals surface area contributed by atoms with Crippen LogP contribution in [0.4, 0.5) is 0 Å². The van der Waals surface area contributed by atoms with Crippen molar-refractivity contribution < 1.29 is 47.6 Å². The largest absolute Gasteiger partial charge is 0.494 e. The molecule has 0 atom stereocenters. The van der Waals surface area contributed by atoms with Gasteiger partial charge in [-0.15, -0.1) is 0 Å². The molecule has 0 aromatic heterocycles. The fourth-order valence-corrected chi connectivity index (χ4v) is 4.89. The molecule has 2 aromatic carbocycles. The highest BCUT2D eigenvalue weighted by Gasteiger charge is 2.20. The first-order valence-electron chi connectivity index (χ1n) is 17.0. The van der Waals surface area contributed by atoms with E-state index in [0.29, 0.717) is 49.9 Å². The summed E-state index contributed by atoms with van der Waals surface area (Å²) in [6.45, 7) is 8.64. The van der Waals surface area contributed by atoms with Crippen LogP contribution < -0.4 is 14.2 Å². The van der Waals surface area contributed by atoms with Gasteiger partial charge in [0.05, 0.1) is 32.8 Å². The summed E-state index contributed by atoms with van der Waals surface area (Å²) in [6.07, 6.45) is 13.9. The van der Waals surface area contributed by atoms with Gasteiger partial charge < -0.3 is 28.4 Å². The van der Waals surface area contributed by atoms with Gasteiger partial charge in [0.1, 0.15) is 23.4 Å². The zero-order valence-electron chi connectivity index (χ0n) is 28.2. The minimum absolute atomic E-state index is 0.0537. The van der Waals surface area contributed by atoms with E-state index >= 15 is 0 Å². The molecule has 1 aliphatic rings. The lowest BCUT2D eigenvalue weighted by Gasteiger charge is -2.21. The molecule has 1 saturated carbocycles. The van der Waals surface area contributed by atoms with Crippen molar-refractivity contribution in [3.63, 3.8) is 0 Å². The first-order valence-corrected chi connectivity index (χ1v) is 17.0. The quantitative estimate of drug-likeness (QED) is 0.0407. The van der Waals surface area contributed by atoms with Gasteiger partial charge in [0.2, 0.25) is 0 Å². The number of ether oxygens (including phenoxy) is 6. The first kappa shape index (κ1) is 38.6. The monoisotopic (exact) mass is 676 g/mol. The van der Waals surface area contributed by atoms with Crippen molar-refractivity contribution in [3.8, 4) is 17.2 Å². The predicted octanol–water partition coefficient (Wildman–Crippen LogP) is 7.50. The molecule has 1 aliphatic carbocycles. The Morgan fingerprint density at radius 1 is 0.673 bits per heavy atom. The van der Waals surface area contributed by atoms with Gasteiger partial charge in [0.15, 0.2) is 0 Å². The third-order valence-corrected chi connectivity index (χ3v) is 7.59. The summed E-state index contributed by atoms with van der Waals surface area (Å²) in [5.74, 6) is -0.141. The second-order valence-corrected chi connectivity index (χ2v) is 11.7. The Hall–Kier alpha value is -4.86. The molecular weight excluding hydrogens is 628 g/mol. The van der Waals surface area contributed by atoms with Crippen LogP contribution in [0.15, 0.2) is 79.4 Å². The maximum absolute atomic E-state index is 12.3. The maximum atomic E-state index is 12.3. The average molecular weight is 677 g/mol. The highest BCUT2D eigenvalue weighted by atomic mass is 16.6. The molecule has 0 heterocycles. The van der Waals surface area contributed by atoms with Gasteiger partial charge in [0.25, 0.3) is 0 Å². The van der Waals surface area contributed by atoms with Crippen LogP contribution in [0.1, 0.15) is 82.6 Å². The standard InChI is InChI=1S/C39H48O10/c1-3-36(40)46-27-10-5-4-9-25-44-33-20-22-35(23-21-33)48-37(41)24-17-31-15-18-32(19-16-31)45-26-11-12-28-47-39(43)30(2)29-38(42)49-34-13-7-6-8-14-34/h3,15-24,34H,1-2,4-14,25-29H2/b24-17+. The number of carbonyl (C=O) groups is 4. The van der Waals surface area contributed by atoms with Gasteiger partial charge in [-0.25, -0.2) is 14.4 Å². The van der Waals surface area contributed by atoms with Gasteiger partial charge in [-0.2, -0.15) is 0 Å². The van der Waals surface area contributed by atoms with Crippen LogP contribution in [0, 0.1) is 0 Å². The lowest BCUT2D eigenvalue weighted by Crippen LogP contribution is -2.22. The van der Waals surface area contributed by atoms with E-state index < -0.39 is 23.9 Å². The molecule has 0 aliphatic heterocycles. The fraction of sp³-hybridized carbons (Fsp3) is 0.436. The van der Waals surface area contributed by atoms with Crippen molar-refractivity contribution in [2.45, 2.75) is 83.2 Å². The van der Waals surface area contributed by atoms with Crippen LogP contribution in [0.3, 0.4) is 0 Å². The SMILES string of the molecule is C=CC(=O)OCCCCCCOc1ccc(OC(=O)/C=C/c2ccc(OCCCCOC(=O)C(=C)CC(=O)OC3CCCCC3)cc2)cc1. The summed E-state index contributed by atoms with van der Waals surface area (Å²) < 4.78 is 32.5. The summed E-state index contributed by atoms with van der Waals surface area (Å²) in [4.78, 5) is 47.5.